The van der Waals surface area contributed by atoms with Gasteiger partial charge < -0.3 is 10.4 Å². The van der Waals surface area contributed by atoms with Crippen LogP contribution in [-0.2, 0) is 0 Å². The molecule has 2 rings (SSSR count). The second-order valence-electron chi connectivity index (χ2n) is 5.08. The predicted octanol–water partition coefficient (Wildman–Crippen LogP) is 5.81. The Labute approximate surface area is 141 Å². The van der Waals surface area contributed by atoms with Gasteiger partial charge in [0.05, 0.1) is 10.7 Å². The van der Waals surface area contributed by atoms with Gasteiger partial charge in [0.2, 0.25) is 0 Å². The summed E-state index contributed by atoms with van der Waals surface area (Å²) in [5, 5.41) is 12.0. The molecule has 116 valence electrons. The van der Waals surface area contributed by atoms with E-state index in [2.05, 4.69) is 21.2 Å². The lowest BCUT2D eigenvalue weighted by Crippen LogP contribution is -2.08. The third-order valence-electron chi connectivity index (χ3n) is 3.23. The third-order valence-corrected chi connectivity index (χ3v) is 4.45. The van der Waals surface area contributed by atoms with Gasteiger partial charge in [0, 0.05) is 10.2 Å². The molecular weight excluding hydrogens is 373 g/mol. The second kappa shape index (κ2) is 6.67. The molecular formula is C16H14BrClFNO2. The standard InChI is InChI=1S/C16H14BrClFNO2/c1-8(2)9-5-3-4-6-11(9)20-12-7-10(17)14(18)15(19)13(12)16(21)22/h3-8,20H,1-2H3,(H,21,22). The molecule has 3 nitrogen and oxygen atoms in total. The fourth-order valence-corrected chi connectivity index (χ4v) is 2.71. The van der Waals surface area contributed by atoms with Gasteiger partial charge in [-0.25, -0.2) is 9.18 Å². The van der Waals surface area contributed by atoms with Crippen LogP contribution < -0.4 is 5.32 Å². The lowest BCUT2D eigenvalue weighted by Gasteiger charge is -2.17. The van der Waals surface area contributed by atoms with Crippen LogP contribution in [0, 0.1) is 5.82 Å². The van der Waals surface area contributed by atoms with Gasteiger partial charge >= 0.3 is 5.97 Å². The molecule has 0 unspecified atom stereocenters. The third kappa shape index (κ3) is 3.25. The van der Waals surface area contributed by atoms with E-state index in [1.807, 2.05) is 38.1 Å². The average molecular weight is 387 g/mol. The minimum absolute atomic E-state index is 0.148. The van der Waals surface area contributed by atoms with Gasteiger partial charge in [-0.2, -0.15) is 0 Å². The van der Waals surface area contributed by atoms with E-state index < -0.39 is 17.3 Å². The monoisotopic (exact) mass is 385 g/mol. The molecule has 0 heterocycles. The molecule has 2 aromatic rings. The summed E-state index contributed by atoms with van der Waals surface area (Å²) >= 11 is 8.91. The highest BCUT2D eigenvalue weighted by atomic mass is 79.9. The number of halogens is 3. The van der Waals surface area contributed by atoms with Crippen LogP contribution in [-0.4, -0.2) is 11.1 Å². The number of rotatable bonds is 4. The minimum atomic E-state index is -1.38. The van der Waals surface area contributed by atoms with Gasteiger partial charge in [0.1, 0.15) is 5.56 Å². The Hall–Kier alpha value is -1.59. The van der Waals surface area contributed by atoms with Crippen molar-refractivity contribution in [2.45, 2.75) is 19.8 Å². The van der Waals surface area contributed by atoms with Crippen molar-refractivity contribution in [1.29, 1.82) is 0 Å². The molecule has 2 aromatic carbocycles. The number of nitrogens with one attached hydrogen (secondary N) is 1. The van der Waals surface area contributed by atoms with Crippen molar-refractivity contribution in [3.8, 4) is 0 Å². The molecule has 0 spiro atoms. The summed E-state index contributed by atoms with van der Waals surface area (Å²) in [6.07, 6.45) is 0. The number of hydrogen-bond donors (Lipinski definition) is 2. The molecule has 0 amide bonds. The van der Waals surface area contributed by atoms with Crippen molar-refractivity contribution in [3.05, 3.63) is 56.8 Å². The average Bonchev–Trinajstić information content (AvgIpc) is 2.45. The van der Waals surface area contributed by atoms with E-state index in [1.54, 1.807) is 0 Å². The smallest absolute Gasteiger partial charge is 0.340 e. The fraction of sp³-hybridized carbons (Fsp3) is 0.188. The van der Waals surface area contributed by atoms with Crippen LogP contribution in [0.2, 0.25) is 5.02 Å². The van der Waals surface area contributed by atoms with Crippen LogP contribution in [0.4, 0.5) is 15.8 Å². The first kappa shape index (κ1) is 16.8. The first-order chi connectivity index (χ1) is 10.3. The van der Waals surface area contributed by atoms with Crippen molar-refractivity contribution in [1.82, 2.24) is 0 Å². The Morgan fingerprint density at radius 2 is 1.95 bits per heavy atom. The fourth-order valence-electron chi connectivity index (χ4n) is 2.16. The number of carboxylic acid groups (broad SMARTS) is 1. The Bertz CT molecular complexity index is 734. The largest absolute Gasteiger partial charge is 0.478 e. The summed E-state index contributed by atoms with van der Waals surface area (Å²) in [5.41, 5.74) is 1.40. The van der Waals surface area contributed by atoms with Gasteiger partial charge in [-0.1, -0.05) is 43.6 Å². The summed E-state index contributed by atoms with van der Waals surface area (Å²) in [4.78, 5) is 11.4. The first-order valence-corrected chi connectivity index (χ1v) is 7.76. The number of anilines is 2. The maximum absolute atomic E-state index is 14.2. The molecule has 0 aliphatic heterocycles. The SMILES string of the molecule is CC(C)c1ccccc1Nc1cc(Br)c(Cl)c(F)c1C(=O)O. The number of hydrogen-bond acceptors (Lipinski definition) is 2. The van der Waals surface area contributed by atoms with Crippen LogP contribution in [0.25, 0.3) is 0 Å². The molecule has 0 aliphatic carbocycles. The summed E-state index contributed by atoms with van der Waals surface area (Å²) in [5.74, 6) is -2.11. The zero-order chi connectivity index (χ0) is 16.4. The maximum atomic E-state index is 14.2. The maximum Gasteiger partial charge on any atom is 0.340 e. The van der Waals surface area contributed by atoms with Crippen LogP contribution >= 0.6 is 27.5 Å². The number of benzene rings is 2. The van der Waals surface area contributed by atoms with Crippen molar-refractivity contribution < 1.29 is 14.3 Å². The second-order valence-corrected chi connectivity index (χ2v) is 6.31. The zero-order valence-corrected chi connectivity index (χ0v) is 14.3. The van der Waals surface area contributed by atoms with Crippen molar-refractivity contribution in [3.63, 3.8) is 0 Å². The summed E-state index contributed by atoms with van der Waals surface area (Å²) in [7, 11) is 0. The first-order valence-electron chi connectivity index (χ1n) is 6.59. The number of carbonyl (C=O) groups is 1. The van der Waals surface area contributed by atoms with E-state index in [0.29, 0.717) is 4.47 Å². The summed E-state index contributed by atoms with van der Waals surface area (Å²) < 4.78 is 14.4. The summed E-state index contributed by atoms with van der Waals surface area (Å²) in [6.45, 7) is 4.05. The van der Waals surface area contributed by atoms with Crippen molar-refractivity contribution >= 4 is 44.9 Å². The van der Waals surface area contributed by atoms with Gasteiger partial charge in [-0.05, 0) is 39.5 Å². The Balaban J connectivity index is 2.57. The van der Waals surface area contributed by atoms with Crippen LogP contribution in [0.15, 0.2) is 34.8 Å². The van der Waals surface area contributed by atoms with E-state index in [1.165, 1.54) is 6.07 Å². The number of carboxylic acids is 1. The van der Waals surface area contributed by atoms with E-state index in [0.717, 1.165) is 11.3 Å². The van der Waals surface area contributed by atoms with Gasteiger partial charge in [-0.15, -0.1) is 0 Å². The molecule has 0 saturated heterocycles. The molecule has 0 aromatic heterocycles. The highest BCUT2D eigenvalue weighted by Gasteiger charge is 2.22. The molecule has 0 saturated carbocycles. The van der Waals surface area contributed by atoms with Crippen LogP contribution in [0.3, 0.4) is 0 Å². The van der Waals surface area contributed by atoms with E-state index >= 15 is 0 Å². The van der Waals surface area contributed by atoms with E-state index in [-0.39, 0.29) is 16.6 Å². The van der Waals surface area contributed by atoms with E-state index in [9.17, 15) is 14.3 Å². The zero-order valence-electron chi connectivity index (χ0n) is 12.0. The lowest BCUT2D eigenvalue weighted by atomic mass is 10.0. The lowest BCUT2D eigenvalue weighted by molar-refractivity contribution is 0.0693. The van der Waals surface area contributed by atoms with Crippen molar-refractivity contribution in [2.75, 3.05) is 5.32 Å². The van der Waals surface area contributed by atoms with Crippen LogP contribution in [0.5, 0.6) is 0 Å². The van der Waals surface area contributed by atoms with Gasteiger partial charge in [-0.3, -0.25) is 0 Å². The number of aromatic carboxylic acids is 1. The molecule has 22 heavy (non-hydrogen) atoms. The Kier molecular flexibility index (Phi) is 5.08. The Morgan fingerprint density at radius 3 is 2.55 bits per heavy atom. The van der Waals surface area contributed by atoms with Gasteiger partial charge in [0.15, 0.2) is 5.82 Å². The minimum Gasteiger partial charge on any atom is -0.478 e. The summed E-state index contributed by atoms with van der Waals surface area (Å²) in [6, 6.07) is 8.95. The quantitative estimate of drug-likeness (QED) is 0.652. The molecule has 6 heteroatoms. The van der Waals surface area contributed by atoms with E-state index in [4.69, 9.17) is 11.6 Å². The topological polar surface area (TPSA) is 49.3 Å². The highest BCUT2D eigenvalue weighted by Crippen LogP contribution is 2.36. The molecule has 0 atom stereocenters. The molecule has 2 N–H and O–H groups in total. The van der Waals surface area contributed by atoms with Crippen molar-refractivity contribution in [2.24, 2.45) is 0 Å². The molecule has 0 bridgehead atoms. The highest BCUT2D eigenvalue weighted by molar-refractivity contribution is 9.10. The number of para-hydroxylation sites is 1. The van der Waals surface area contributed by atoms with Crippen LogP contribution in [0.1, 0.15) is 35.7 Å². The molecule has 0 fully saturated rings. The Morgan fingerprint density at radius 1 is 1.32 bits per heavy atom. The molecule has 0 aliphatic rings. The predicted molar refractivity (Wildman–Crippen MR) is 89.9 cm³/mol. The van der Waals surface area contributed by atoms with Gasteiger partial charge in [0.25, 0.3) is 0 Å². The molecule has 0 radical (unpaired) electrons. The normalized spacial score (nSPS) is 10.8.